The van der Waals surface area contributed by atoms with E-state index in [-0.39, 0.29) is 18.0 Å². The van der Waals surface area contributed by atoms with E-state index in [0.29, 0.717) is 12.1 Å². The van der Waals surface area contributed by atoms with Gasteiger partial charge >= 0.3 is 0 Å². The molecule has 0 aromatic heterocycles. The average Bonchev–Trinajstić information content (AvgIpc) is 2.41. The Morgan fingerprint density at radius 1 is 1.09 bits per heavy atom. The van der Waals surface area contributed by atoms with Crippen LogP contribution in [0.1, 0.15) is 25.3 Å². The van der Waals surface area contributed by atoms with Crippen LogP contribution in [0.25, 0.3) is 0 Å². The summed E-state index contributed by atoms with van der Waals surface area (Å²) in [6.45, 7) is 4.28. The first-order valence-electron chi connectivity index (χ1n) is 7.19. The SMILES string of the molecule is CCCCN(CCNS(=O)(=O)c1ccccc1C)S(C)(=O)=O. The van der Waals surface area contributed by atoms with Gasteiger partial charge < -0.3 is 0 Å². The number of rotatable bonds is 9. The highest BCUT2D eigenvalue weighted by atomic mass is 32.2. The molecule has 1 rings (SSSR count). The predicted octanol–water partition coefficient (Wildman–Crippen LogP) is 1.34. The monoisotopic (exact) mass is 348 g/mol. The number of nitrogens with zero attached hydrogens (tertiary/aromatic N) is 1. The van der Waals surface area contributed by atoms with Crippen LogP contribution in [-0.4, -0.2) is 47.0 Å². The van der Waals surface area contributed by atoms with E-state index in [1.54, 1.807) is 25.1 Å². The molecule has 22 heavy (non-hydrogen) atoms. The first-order valence-corrected chi connectivity index (χ1v) is 10.5. The molecule has 0 unspecified atom stereocenters. The van der Waals surface area contributed by atoms with E-state index in [9.17, 15) is 16.8 Å². The first kappa shape index (κ1) is 19.1. The van der Waals surface area contributed by atoms with Gasteiger partial charge in [-0.05, 0) is 25.0 Å². The number of sulfonamides is 2. The Morgan fingerprint density at radius 3 is 2.27 bits per heavy atom. The summed E-state index contributed by atoms with van der Waals surface area (Å²) < 4.78 is 51.5. The van der Waals surface area contributed by atoms with Crippen LogP contribution >= 0.6 is 0 Å². The molecule has 0 atom stereocenters. The van der Waals surface area contributed by atoms with Crippen LogP contribution in [0.2, 0.25) is 0 Å². The molecule has 6 nitrogen and oxygen atoms in total. The van der Waals surface area contributed by atoms with Crippen molar-refractivity contribution < 1.29 is 16.8 Å². The maximum absolute atomic E-state index is 12.2. The predicted molar refractivity (Wildman–Crippen MR) is 87.7 cm³/mol. The Kier molecular flexibility index (Phi) is 6.98. The second-order valence-electron chi connectivity index (χ2n) is 5.18. The minimum absolute atomic E-state index is 0.0491. The van der Waals surface area contributed by atoms with Gasteiger partial charge in [0, 0.05) is 19.6 Å². The van der Waals surface area contributed by atoms with Gasteiger partial charge in [-0.3, -0.25) is 0 Å². The summed E-state index contributed by atoms with van der Waals surface area (Å²) in [5, 5.41) is 0. The van der Waals surface area contributed by atoms with Gasteiger partial charge in [0.25, 0.3) is 0 Å². The summed E-state index contributed by atoms with van der Waals surface area (Å²) in [4.78, 5) is 0.217. The lowest BCUT2D eigenvalue weighted by Gasteiger charge is -2.20. The van der Waals surface area contributed by atoms with Crippen LogP contribution < -0.4 is 4.72 Å². The molecule has 1 aromatic carbocycles. The van der Waals surface area contributed by atoms with Crippen molar-refractivity contribution in [3.05, 3.63) is 29.8 Å². The molecule has 0 aliphatic rings. The molecule has 1 N–H and O–H groups in total. The number of benzene rings is 1. The van der Waals surface area contributed by atoms with Crippen LogP contribution in [0.3, 0.4) is 0 Å². The van der Waals surface area contributed by atoms with E-state index in [1.165, 1.54) is 10.4 Å². The fourth-order valence-electron chi connectivity index (χ4n) is 2.02. The van der Waals surface area contributed by atoms with Crippen LogP contribution in [0.4, 0.5) is 0 Å². The molecule has 0 amide bonds. The Labute approximate surface area is 133 Å². The van der Waals surface area contributed by atoms with Crippen LogP contribution in [-0.2, 0) is 20.0 Å². The van der Waals surface area contributed by atoms with E-state index in [2.05, 4.69) is 4.72 Å². The van der Waals surface area contributed by atoms with Crippen molar-refractivity contribution in [2.24, 2.45) is 0 Å². The Balaban J connectivity index is 2.70. The van der Waals surface area contributed by atoms with Gasteiger partial charge in [0.15, 0.2) is 0 Å². The van der Waals surface area contributed by atoms with Gasteiger partial charge in [-0.15, -0.1) is 0 Å². The van der Waals surface area contributed by atoms with Crippen molar-refractivity contribution in [2.75, 3.05) is 25.9 Å². The van der Waals surface area contributed by atoms with E-state index >= 15 is 0 Å². The minimum Gasteiger partial charge on any atom is -0.213 e. The van der Waals surface area contributed by atoms with E-state index in [0.717, 1.165) is 19.1 Å². The highest BCUT2D eigenvalue weighted by Gasteiger charge is 2.19. The Bertz CT molecular complexity index is 685. The van der Waals surface area contributed by atoms with Crippen molar-refractivity contribution in [2.45, 2.75) is 31.6 Å². The molecule has 1 aromatic rings. The van der Waals surface area contributed by atoms with Crippen LogP contribution in [0, 0.1) is 6.92 Å². The largest absolute Gasteiger partial charge is 0.240 e. The molecule has 0 saturated carbocycles. The second kappa shape index (κ2) is 8.05. The fraction of sp³-hybridized carbons (Fsp3) is 0.571. The van der Waals surface area contributed by atoms with Crippen LogP contribution in [0.5, 0.6) is 0 Å². The number of nitrogens with one attached hydrogen (secondary N) is 1. The molecular weight excluding hydrogens is 324 g/mol. The number of hydrogen-bond donors (Lipinski definition) is 1. The topological polar surface area (TPSA) is 83.6 Å². The third kappa shape index (κ3) is 5.68. The molecule has 0 spiro atoms. The summed E-state index contributed by atoms with van der Waals surface area (Å²) in [5.41, 5.74) is 0.654. The maximum Gasteiger partial charge on any atom is 0.240 e. The van der Waals surface area contributed by atoms with Crippen molar-refractivity contribution in [1.82, 2.24) is 9.03 Å². The highest BCUT2D eigenvalue weighted by Crippen LogP contribution is 2.13. The van der Waals surface area contributed by atoms with Crippen molar-refractivity contribution in [3.8, 4) is 0 Å². The van der Waals surface area contributed by atoms with Gasteiger partial charge in [0.05, 0.1) is 11.2 Å². The normalized spacial score (nSPS) is 12.7. The first-order chi connectivity index (χ1) is 10.2. The third-order valence-electron chi connectivity index (χ3n) is 3.27. The number of aryl methyl sites for hydroxylation is 1. The molecule has 0 aliphatic heterocycles. The molecular formula is C14H24N2O4S2. The molecule has 0 heterocycles. The quantitative estimate of drug-likeness (QED) is 0.730. The standard InChI is InChI=1S/C14H24N2O4S2/c1-4-5-11-16(21(3,17)18)12-10-15-22(19,20)14-9-7-6-8-13(14)2/h6-9,15H,4-5,10-12H2,1-3H3. The third-order valence-corrected chi connectivity index (χ3v) is 6.19. The second-order valence-corrected chi connectivity index (χ2v) is 8.90. The van der Waals surface area contributed by atoms with Crippen LogP contribution in [0.15, 0.2) is 29.2 Å². The van der Waals surface area contributed by atoms with E-state index in [4.69, 9.17) is 0 Å². The lowest BCUT2D eigenvalue weighted by molar-refractivity contribution is 0.408. The van der Waals surface area contributed by atoms with Gasteiger partial charge in [-0.2, -0.15) is 0 Å². The number of unbranched alkanes of at least 4 members (excludes halogenated alkanes) is 1. The van der Waals surface area contributed by atoms with Crippen molar-refractivity contribution in [1.29, 1.82) is 0 Å². The zero-order valence-corrected chi connectivity index (χ0v) is 14.9. The molecule has 126 valence electrons. The smallest absolute Gasteiger partial charge is 0.213 e. The van der Waals surface area contributed by atoms with Crippen molar-refractivity contribution in [3.63, 3.8) is 0 Å². The van der Waals surface area contributed by atoms with E-state index in [1.807, 2.05) is 6.92 Å². The summed E-state index contributed by atoms with van der Waals surface area (Å²) in [5.74, 6) is 0. The Hall–Kier alpha value is -0.960. The van der Waals surface area contributed by atoms with Gasteiger partial charge in [0.1, 0.15) is 0 Å². The minimum atomic E-state index is -3.62. The van der Waals surface area contributed by atoms with Gasteiger partial charge in [0.2, 0.25) is 20.0 Å². The van der Waals surface area contributed by atoms with E-state index < -0.39 is 20.0 Å². The van der Waals surface area contributed by atoms with Gasteiger partial charge in [-0.1, -0.05) is 31.5 Å². The van der Waals surface area contributed by atoms with Crippen molar-refractivity contribution >= 4 is 20.0 Å². The summed E-state index contributed by atoms with van der Waals surface area (Å²) >= 11 is 0. The summed E-state index contributed by atoms with van der Waals surface area (Å²) in [7, 11) is -6.95. The lowest BCUT2D eigenvalue weighted by atomic mass is 10.2. The molecule has 0 aliphatic carbocycles. The van der Waals surface area contributed by atoms with Gasteiger partial charge in [-0.25, -0.2) is 25.9 Å². The average molecular weight is 348 g/mol. The molecule has 0 saturated heterocycles. The molecule has 0 bridgehead atoms. The zero-order chi connectivity index (χ0) is 16.8. The molecule has 0 radical (unpaired) electrons. The zero-order valence-electron chi connectivity index (χ0n) is 13.2. The Morgan fingerprint density at radius 2 is 1.73 bits per heavy atom. The molecule has 8 heteroatoms. The fourth-order valence-corrected chi connectivity index (χ4v) is 4.17. The molecule has 0 fully saturated rings. The summed E-state index contributed by atoms with van der Waals surface area (Å²) in [6.07, 6.45) is 2.76. The lowest BCUT2D eigenvalue weighted by Crippen LogP contribution is -2.38. The highest BCUT2D eigenvalue weighted by molar-refractivity contribution is 7.89. The number of hydrogen-bond acceptors (Lipinski definition) is 4. The summed E-state index contributed by atoms with van der Waals surface area (Å²) in [6, 6.07) is 6.68. The maximum atomic E-state index is 12.2.